The first kappa shape index (κ1) is 13.2. The molecule has 2 aromatic rings. The zero-order chi connectivity index (χ0) is 13.9. The van der Waals surface area contributed by atoms with Crippen molar-refractivity contribution in [3.8, 4) is 5.75 Å². The average Bonchev–Trinajstić information content (AvgIpc) is 2.75. The number of para-hydroxylation sites is 1. The van der Waals surface area contributed by atoms with E-state index < -0.39 is 0 Å². The predicted octanol–water partition coefficient (Wildman–Crippen LogP) is 2.39. The van der Waals surface area contributed by atoms with Crippen LogP contribution in [0, 0.1) is 13.8 Å². The van der Waals surface area contributed by atoms with E-state index >= 15 is 0 Å². The third kappa shape index (κ3) is 2.70. The van der Waals surface area contributed by atoms with Gasteiger partial charge in [-0.2, -0.15) is 0 Å². The van der Waals surface area contributed by atoms with Crippen LogP contribution in [0.1, 0.15) is 17.2 Å². The summed E-state index contributed by atoms with van der Waals surface area (Å²) >= 11 is 0. The van der Waals surface area contributed by atoms with Crippen LogP contribution in [-0.4, -0.2) is 34.1 Å². The van der Waals surface area contributed by atoms with E-state index in [1.807, 2.05) is 30.3 Å². The Hall–Kier alpha value is -1.81. The number of rotatable bonds is 4. The fourth-order valence-electron chi connectivity index (χ4n) is 2.66. The minimum Gasteiger partial charge on any atom is -0.492 e. The molecule has 1 aliphatic heterocycles. The Bertz CT molecular complexity index is 577. The minimum absolute atomic E-state index is 0.725. The summed E-state index contributed by atoms with van der Waals surface area (Å²) in [6.45, 7) is 8.94. The Labute approximate surface area is 120 Å². The number of benzene rings is 1. The van der Waals surface area contributed by atoms with E-state index in [1.54, 1.807) is 0 Å². The van der Waals surface area contributed by atoms with Gasteiger partial charge in [0.1, 0.15) is 18.2 Å². The van der Waals surface area contributed by atoms with Crippen LogP contribution >= 0.6 is 0 Å². The fourth-order valence-corrected chi connectivity index (χ4v) is 2.66. The van der Waals surface area contributed by atoms with Gasteiger partial charge in [0.05, 0.1) is 12.2 Å². The smallest absolute Gasteiger partial charge is 0.123 e. The maximum atomic E-state index is 5.76. The molecular formula is C16H21N3O. The number of ether oxygens (including phenoxy) is 1. The summed E-state index contributed by atoms with van der Waals surface area (Å²) in [5, 5.41) is 0. The van der Waals surface area contributed by atoms with E-state index in [9.17, 15) is 0 Å². The first-order chi connectivity index (χ1) is 9.74. The Balaban J connectivity index is 1.53. The summed E-state index contributed by atoms with van der Waals surface area (Å²) in [4.78, 5) is 7.05. The lowest BCUT2D eigenvalue weighted by molar-refractivity contribution is 0.174. The second kappa shape index (κ2) is 5.67. The molecule has 1 aromatic carbocycles. The SMILES string of the molecule is Cc1nc2n(c1C)CCN(CCOc1ccccc1)C2. The van der Waals surface area contributed by atoms with E-state index in [0.29, 0.717) is 0 Å². The zero-order valence-corrected chi connectivity index (χ0v) is 12.2. The van der Waals surface area contributed by atoms with Crippen molar-refractivity contribution in [1.29, 1.82) is 0 Å². The number of nitrogens with zero attached hydrogens (tertiary/aromatic N) is 3. The molecule has 106 valence electrons. The molecule has 0 amide bonds. The van der Waals surface area contributed by atoms with Gasteiger partial charge in [0.15, 0.2) is 0 Å². The quantitative estimate of drug-likeness (QED) is 0.855. The Morgan fingerprint density at radius 2 is 1.95 bits per heavy atom. The number of aromatic nitrogens is 2. The predicted molar refractivity (Wildman–Crippen MR) is 78.9 cm³/mol. The first-order valence-corrected chi connectivity index (χ1v) is 7.17. The van der Waals surface area contributed by atoms with Crippen molar-refractivity contribution >= 4 is 0 Å². The Kier molecular flexibility index (Phi) is 3.74. The molecule has 1 aromatic heterocycles. The number of aryl methyl sites for hydroxylation is 1. The highest BCUT2D eigenvalue weighted by Crippen LogP contribution is 2.16. The number of hydrogen-bond donors (Lipinski definition) is 0. The molecule has 1 aliphatic rings. The second-order valence-electron chi connectivity index (χ2n) is 5.29. The highest BCUT2D eigenvalue weighted by Gasteiger charge is 2.19. The van der Waals surface area contributed by atoms with Crippen LogP contribution in [0.25, 0.3) is 0 Å². The number of fused-ring (bicyclic) bond motifs is 1. The highest BCUT2D eigenvalue weighted by atomic mass is 16.5. The molecule has 0 bridgehead atoms. The van der Waals surface area contributed by atoms with Gasteiger partial charge in [0.2, 0.25) is 0 Å². The summed E-state index contributed by atoms with van der Waals surface area (Å²) in [5.41, 5.74) is 2.46. The largest absolute Gasteiger partial charge is 0.492 e. The number of hydrogen-bond acceptors (Lipinski definition) is 3. The monoisotopic (exact) mass is 271 g/mol. The summed E-state index contributed by atoms with van der Waals surface area (Å²) in [6.07, 6.45) is 0. The molecule has 0 radical (unpaired) electrons. The molecule has 2 heterocycles. The first-order valence-electron chi connectivity index (χ1n) is 7.17. The van der Waals surface area contributed by atoms with Crippen LogP contribution in [0.15, 0.2) is 30.3 Å². The molecule has 0 atom stereocenters. The molecule has 20 heavy (non-hydrogen) atoms. The van der Waals surface area contributed by atoms with Gasteiger partial charge in [-0.15, -0.1) is 0 Å². The van der Waals surface area contributed by atoms with Crippen LogP contribution in [0.3, 0.4) is 0 Å². The number of imidazole rings is 1. The van der Waals surface area contributed by atoms with Gasteiger partial charge in [0, 0.05) is 25.3 Å². The van der Waals surface area contributed by atoms with Gasteiger partial charge in [-0.25, -0.2) is 4.98 Å². The molecule has 4 heteroatoms. The molecule has 4 nitrogen and oxygen atoms in total. The zero-order valence-electron chi connectivity index (χ0n) is 12.2. The Morgan fingerprint density at radius 1 is 1.15 bits per heavy atom. The Morgan fingerprint density at radius 3 is 2.75 bits per heavy atom. The van der Waals surface area contributed by atoms with E-state index in [1.165, 1.54) is 11.5 Å². The van der Waals surface area contributed by atoms with Crippen molar-refractivity contribution in [3.05, 3.63) is 47.5 Å². The summed E-state index contributed by atoms with van der Waals surface area (Å²) in [5.74, 6) is 2.13. The molecular weight excluding hydrogens is 250 g/mol. The van der Waals surface area contributed by atoms with Crippen LogP contribution < -0.4 is 4.74 Å². The second-order valence-corrected chi connectivity index (χ2v) is 5.29. The molecule has 0 unspecified atom stereocenters. The minimum atomic E-state index is 0.725. The molecule has 0 saturated carbocycles. The van der Waals surface area contributed by atoms with Gasteiger partial charge in [0.25, 0.3) is 0 Å². The topological polar surface area (TPSA) is 30.3 Å². The fraction of sp³-hybridized carbons (Fsp3) is 0.438. The molecule has 0 spiro atoms. The van der Waals surface area contributed by atoms with E-state index in [0.717, 1.165) is 44.2 Å². The summed E-state index contributed by atoms with van der Waals surface area (Å²) < 4.78 is 8.09. The molecule has 3 rings (SSSR count). The van der Waals surface area contributed by atoms with Crippen molar-refractivity contribution in [2.75, 3.05) is 19.7 Å². The van der Waals surface area contributed by atoms with Gasteiger partial charge in [-0.1, -0.05) is 18.2 Å². The van der Waals surface area contributed by atoms with Crippen molar-refractivity contribution in [1.82, 2.24) is 14.5 Å². The molecule has 0 saturated heterocycles. The van der Waals surface area contributed by atoms with Crippen molar-refractivity contribution < 1.29 is 4.74 Å². The van der Waals surface area contributed by atoms with Crippen LogP contribution in [0.2, 0.25) is 0 Å². The molecule has 0 N–H and O–H groups in total. The van der Waals surface area contributed by atoms with Gasteiger partial charge >= 0.3 is 0 Å². The molecule has 0 fully saturated rings. The normalized spacial score (nSPS) is 15.1. The van der Waals surface area contributed by atoms with Gasteiger partial charge < -0.3 is 9.30 Å². The maximum Gasteiger partial charge on any atom is 0.123 e. The van der Waals surface area contributed by atoms with Crippen molar-refractivity contribution in [3.63, 3.8) is 0 Å². The maximum absolute atomic E-state index is 5.76. The average molecular weight is 271 g/mol. The van der Waals surface area contributed by atoms with Crippen molar-refractivity contribution in [2.45, 2.75) is 26.9 Å². The van der Waals surface area contributed by atoms with Crippen LogP contribution in [0.4, 0.5) is 0 Å². The highest BCUT2D eigenvalue weighted by molar-refractivity contribution is 5.20. The van der Waals surface area contributed by atoms with Gasteiger partial charge in [-0.05, 0) is 26.0 Å². The lowest BCUT2D eigenvalue weighted by Gasteiger charge is -2.28. The van der Waals surface area contributed by atoms with Crippen LogP contribution in [-0.2, 0) is 13.1 Å². The lowest BCUT2D eigenvalue weighted by Crippen LogP contribution is -2.36. The third-order valence-electron chi connectivity index (χ3n) is 3.96. The van der Waals surface area contributed by atoms with E-state index in [-0.39, 0.29) is 0 Å². The third-order valence-corrected chi connectivity index (χ3v) is 3.96. The lowest BCUT2D eigenvalue weighted by atomic mass is 10.3. The van der Waals surface area contributed by atoms with Crippen LogP contribution in [0.5, 0.6) is 5.75 Å². The van der Waals surface area contributed by atoms with E-state index in [4.69, 9.17) is 4.74 Å². The van der Waals surface area contributed by atoms with E-state index in [2.05, 4.69) is 28.3 Å². The summed E-state index contributed by atoms with van der Waals surface area (Å²) in [7, 11) is 0. The van der Waals surface area contributed by atoms with Crippen molar-refractivity contribution in [2.24, 2.45) is 0 Å². The summed E-state index contributed by atoms with van der Waals surface area (Å²) in [6, 6.07) is 9.99. The molecule has 0 aliphatic carbocycles. The van der Waals surface area contributed by atoms with Gasteiger partial charge in [-0.3, -0.25) is 4.90 Å². The standard InChI is InChI=1S/C16H21N3O/c1-13-14(2)19-9-8-18(12-16(19)17-13)10-11-20-15-6-4-3-5-7-15/h3-7H,8-12H2,1-2H3.